The van der Waals surface area contributed by atoms with Crippen molar-refractivity contribution in [1.82, 2.24) is 9.62 Å². The largest absolute Gasteiger partial charge is 0.487 e. The first-order valence-electron chi connectivity index (χ1n) is 16.0. The van der Waals surface area contributed by atoms with E-state index in [2.05, 4.69) is 9.62 Å². The number of likely N-dealkylation sites (N-methyl/N-ethyl adjacent to an activating group) is 1. The van der Waals surface area contributed by atoms with Crippen LogP contribution in [0.2, 0.25) is 5.02 Å². The molecule has 1 amide bonds. The Morgan fingerprint density at radius 1 is 1.09 bits per heavy atom. The zero-order valence-electron chi connectivity index (χ0n) is 26.0. The number of sulfonamides is 1. The molecule has 2 bridgehead atoms. The molecule has 6 rings (SSSR count). The monoisotopic (exact) mass is 655 g/mol. The smallest absolute Gasteiger partial charge is 0.303 e. The van der Waals surface area contributed by atoms with E-state index in [4.69, 9.17) is 21.1 Å². The summed E-state index contributed by atoms with van der Waals surface area (Å²) in [5.41, 5.74) is 1.95. The SMILES string of the molecule is CC(=O)O[C@@H]1/C=C/CN(C)C2(CCC2)C(=O)NS(=O)(=O)c2ccc3c(c2)N(CCCCc2cc(Cl)ccc2CO3)C[C@@H]2CC[C@H]21. The number of halogens is 1. The molecule has 2 fully saturated rings. The van der Waals surface area contributed by atoms with E-state index >= 15 is 0 Å². The quantitative estimate of drug-likeness (QED) is 0.328. The number of carbonyl (C=O) groups excluding carboxylic acids is 2. The molecule has 1 spiro atoms. The van der Waals surface area contributed by atoms with Crippen molar-refractivity contribution in [2.45, 2.75) is 81.4 Å². The number of aryl methyl sites for hydroxylation is 1. The summed E-state index contributed by atoms with van der Waals surface area (Å²) < 4.78 is 42.1. The summed E-state index contributed by atoms with van der Waals surface area (Å²) in [4.78, 5) is 29.9. The van der Waals surface area contributed by atoms with Crippen LogP contribution in [0.5, 0.6) is 5.75 Å². The van der Waals surface area contributed by atoms with Crippen LogP contribution < -0.4 is 14.4 Å². The van der Waals surface area contributed by atoms with E-state index in [0.717, 1.165) is 49.7 Å². The number of hydrogen-bond acceptors (Lipinski definition) is 8. The molecule has 2 aliphatic heterocycles. The van der Waals surface area contributed by atoms with Crippen molar-refractivity contribution in [1.29, 1.82) is 0 Å². The van der Waals surface area contributed by atoms with Crippen molar-refractivity contribution >= 4 is 39.2 Å². The Balaban J connectivity index is 1.41. The zero-order chi connectivity index (χ0) is 31.8. The predicted molar refractivity (Wildman–Crippen MR) is 173 cm³/mol. The molecule has 4 aliphatic rings. The van der Waals surface area contributed by atoms with Crippen LogP contribution in [0.3, 0.4) is 0 Å². The van der Waals surface area contributed by atoms with Crippen molar-refractivity contribution < 1.29 is 27.5 Å². The predicted octanol–water partition coefficient (Wildman–Crippen LogP) is 5.25. The number of anilines is 1. The molecule has 2 aromatic rings. The zero-order valence-corrected chi connectivity index (χ0v) is 27.5. The molecule has 9 nitrogen and oxygen atoms in total. The Morgan fingerprint density at radius 3 is 2.62 bits per heavy atom. The van der Waals surface area contributed by atoms with Gasteiger partial charge in [-0.25, -0.2) is 13.1 Å². The van der Waals surface area contributed by atoms with E-state index in [-0.39, 0.29) is 28.8 Å². The van der Waals surface area contributed by atoms with E-state index in [9.17, 15) is 18.0 Å². The standard InChI is InChI=1S/C34H42ClN3O6S/c1-23(39)44-31-8-5-17-37(2)34(15-6-16-34)33(40)36-45(41,42)28-12-14-32-30(20-28)38(21-25-10-13-29(25)31)18-4-3-7-24-19-27(35)11-9-26(24)22-43-32/h5,8-9,11-12,14,19-20,25,29,31H,3-4,6-7,10,13,15-18,21-22H2,1-2H3,(H,36,40)/b8-5+/t25-,29+,31+/m0/s1. The van der Waals surface area contributed by atoms with Crippen molar-refractivity contribution in [2.24, 2.45) is 11.8 Å². The first kappa shape index (κ1) is 31.9. The number of amides is 1. The van der Waals surface area contributed by atoms with Gasteiger partial charge in [0.05, 0.1) is 10.6 Å². The van der Waals surface area contributed by atoms with Crippen molar-refractivity contribution in [3.8, 4) is 5.75 Å². The van der Waals surface area contributed by atoms with Gasteiger partial charge in [-0.2, -0.15) is 0 Å². The molecule has 45 heavy (non-hydrogen) atoms. The molecule has 1 N–H and O–H groups in total. The maximum atomic E-state index is 13.7. The molecule has 2 heterocycles. The Labute approximate surface area is 270 Å². The van der Waals surface area contributed by atoms with Gasteiger partial charge in [0, 0.05) is 37.5 Å². The third-order valence-electron chi connectivity index (χ3n) is 10.2. The molecule has 0 unspecified atom stereocenters. The number of hydrogen-bond donors (Lipinski definition) is 1. The van der Waals surface area contributed by atoms with Gasteiger partial charge in [-0.3, -0.25) is 14.5 Å². The molecule has 2 aliphatic carbocycles. The molecular weight excluding hydrogens is 614 g/mol. The first-order chi connectivity index (χ1) is 21.6. The molecule has 242 valence electrons. The molecule has 0 radical (unpaired) electrons. The van der Waals surface area contributed by atoms with Crippen molar-refractivity contribution in [3.63, 3.8) is 0 Å². The second-order valence-electron chi connectivity index (χ2n) is 12.9. The third kappa shape index (κ3) is 6.60. The Kier molecular flexibility index (Phi) is 9.19. The van der Waals surface area contributed by atoms with Gasteiger partial charge in [-0.15, -0.1) is 0 Å². The summed E-state index contributed by atoms with van der Waals surface area (Å²) in [6.45, 7) is 3.53. The molecule has 11 heteroatoms. The molecule has 2 aromatic carbocycles. The average molecular weight is 656 g/mol. The second kappa shape index (κ2) is 13.0. The van der Waals surface area contributed by atoms with Crippen LogP contribution >= 0.6 is 11.6 Å². The summed E-state index contributed by atoms with van der Waals surface area (Å²) in [6.07, 6.45) is 10.0. The van der Waals surface area contributed by atoms with E-state index in [1.165, 1.54) is 13.0 Å². The highest BCUT2D eigenvalue weighted by atomic mass is 35.5. The number of benzene rings is 2. The van der Waals surface area contributed by atoms with Crippen molar-refractivity contribution in [3.05, 3.63) is 64.7 Å². The van der Waals surface area contributed by atoms with Gasteiger partial charge in [0.25, 0.3) is 15.9 Å². The average Bonchev–Trinajstić information content (AvgIpc) is 2.96. The lowest BCUT2D eigenvalue weighted by atomic mass is 9.70. The number of nitrogens with zero attached hydrogens (tertiary/aromatic N) is 2. The molecule has 2 saturated carbocycles. The fraction of sp³-hybridized carbons (Fsp3) is 0.529. The second-order valence-corrected chi connectivity index (χ2v) is 15.1. The molecule has 3 atom stereocenters. The van der Waals surface area contributed by atoms with Gasteiger partial charge in [0.2, 0.25) is 0 Å². The highest BCUT2D eigenvalue weighted by molar-refractivity contribution is 7.90. The molecule has 0 aromatic heterocycles. The molecule has 0 saturated heterocycles. The van der Waals surface area contributed by atoms with Gasteiger partial charge in [0.1, 0.15) is 24.0 Å². The minimum absolute atomic E-state index is 0.0253. The lowest BCUT2D eigenvalue weighted by Crippen LogP contribution is -2.62. The Hall–Kier alpha value is -3.08. The number of esters is 1. The van der Waals surface area contributed by atoms with Crippen LogP contribution in [0.15, 0.2) is 53.4 Å². The first-order valence-corrected chi connectivity index (χ1v) is 17.8. The number of ether oxygens (including phenoxy) is 2. The number of carbonyl (C=O) groups is 2. The normalized spacial score (nSPS) is 27.2. The van der Waals surface area contributed by atoms with E-state index in [1.807, 2.05) is 42.3 Å². The highest BCUT2D eigenvalue weighted by Gasteiger charge is 2.48. The van der Waals surface area contributed by atoms with Gasteiger partial charge in [-0.05, 0) is 112 Å². The minimum atomic E-state index is -4.16. The summed E-state index contributed by atoms with van der Waals surface area (Å²) in [7, 11) is -2.32. The van der Waals surface area contributed by atoms with E-state index in [0.29, 0.717) is 55.5 Å². The fourth-order valence-electron chi connectivity index (χ4n) is 7.18. The number of fused-ring (bicyclic) bond motifs is 3. The maximum absolute atomic E-state index is 13.7. The summed E-state index contributed by atoms with van der Waals surface area (Å²) >= 11 is 6.33. The van der Waals surface area contributed by atoms with Crippen LogP contribution in [0, 0.1) is 11.8 Å². The van der Waals surface area contributed by atoms with Crippen molar-refractivity contribution in [2.75, 3.05) is 31.6 Å². The third-order valence-corrected chi connectivity index (χ3v) is 11.7. The lowest BCUT2D eigenvalue weighted by molar-refractivity contribution is -0.149. The Morgan fingerprint density at radius 2 is 1.91 bits per heavy atom. The number of nitrogens with one attached hydrogen (secondary N) is 1. The summed E-state index contributed by atoms with van der Waals surface area (Å²) in [5, 5.41) is 0.689. The van der Waals surface area contributed by atoms with Crippen LogP contribution in [0.25, 0.3) is 0 Å². The summed E-state index contributed by atoms with van der Waals surface area (Å²) in [6, 6.07) is 10.7. The lowest BCUT2D eigenvalue weighted by Gasteiger charge is -2.46. The van der Waals surface area contributed by atoms with Gasteiger partial charge < -0.3 is 14.4 Å². The topological polar surface area (TPSA) is 105 Å². The Bertz CT molecular complexity index is 1590. The maximum Gasteiger partial charge on any atom is 0.303 e. The summed E-state index contributed by atoms with van der Waals surface area (Å²) in [5.74, 6) is 0.0945. The van der Waals surface area contributed by atoms with Crippen LogP contribution in [0.1, 0.15) is 63.0 Å². The molecular formula is C34H42ClN3O6S. The number of rotatable bonds is 1. The van der Waals surface area contributed by atoms with Crippen LogP contribution in [-0.4, -0.2) is 63.5 Å². The van der Waals surface area contributed by atoms with Crippen LogP contribution in [0.4, 0.5) is 5.69 Å². The van der Waals surface area contributed by atoms with E-state index in [1.54, 1.807) is 12.1 Å². The van der Waals surface area contributed by atoms with Gasteiger partial charge in [-0.1, -0.05) is 23.7 Å². The fourth-order valence-corrected chi connectivity index (χ4v) is 8.44. The minimum Gasteiger partial charge on any atom is -0.487 e. The highest BCUT2D eigenvalue weighted by Crippen LogP contribution is 2.43. The van der Waals surface area contributed by atoms with Gasteiger partial charge in [0.15, 0.2) is 0 Å². The van der Waals surface area contributed by atoms with Crippen LogP contribution in [-0.2, 0) is 37.4 Å². The van der Waals surface area contributed by atoms with Gasteiger partial charge >= 0.3 is 5.97 Å². The van der Waals surface area contributed by atoms with E-state index < -0.39 is 21.5 Å².